The molecule has 120 valence electrons. The van der Waals surface area contributed by atoms with Crippen molar-refractivity contribution < 1.29 is 19.1 Å². The monoisotopic (exact) mass is 304 g/mol. The number of benzene rings is 1. The van der Waals surface area contributed by atoms with Crippen molar-refractivity contribution in [1.82, 2.24) is 0 Å². The van der Waals surface area contributed by atoms with Gasteiger partial charge in [-0.25, -0.2) is 4.79 Å². The first kappa shape index (κ1) is 16.5. The van der Waals surface area contributed by atoms with E-state index in [0.717, 1.165) is 25.7 Å². The van der Waals surface area contributed by atoms with E-state index in [9.17, 15) is 9.59 Å². The van der Waals surface area contributed by atoms with Crippen molar-refractivity contribution in [3.05, 3.63) is 29.8 Å². The van der Waals surface area contributed by atoms with Crippen LogP contribution in [0.2, 0.25) is 0 Å². The summed E-state index contributed by atoms with van der Waals surface area (Å²) < 4.78 is 11.3. The number of ketones is 1. The summed E-state index contributed by atoms with van der Waals surface area (Å²) in [6, 6.07) is 6.91. The van der Waals surface area contributed by atoms with Crippen LogP contribution in [-0.2, 0) is 9.53 Å². The van der Waals surface area contributed by atoms with Gasteiger partial charge in [0.15, 0.2) is 11.9 Å². The zero-order valence-corrected chi connectivity index (χ0v) is 13.3. The Morgan fingerprint density at radius 3 is 2.59 bits per heavy atom. The Labute approximate surface area is 131 Å². The van der Waals surface area contributed by atoms with Gasteiger partial charge >= 0.3 is 5.97 Å². The van der Waals surface area contributed by atoms with Crippen molar-refractivity contribution in [1.29, 1.82) is 0 Å². The minimum atomic E-state index is -0.621. The molecule has 1 fully saturated rings. The zero-order valence-electron chi connectivity index (χ0n) is 13.3. The zero-order chi connectivity index (χ0) is 15.9. The molecule has 2 rings (SSSR count). The summed E-state index contributed by atoms with van der Waals surface area (Å²) in [6.07, 6.45) is 5.30. The lowest BCUT2D eigenvalue weighted by atomic mass is 9.98. The van der Waals surface area contributed by atoms with Gasteiger partial charge in [0.1, 0.15) is 11.9 Å². The molecule has 0 bridgehead atoms. The van der Waals surface area contributed by atoms with E-state index in [0.29, 0.717) is 17.7 Å². The molecule has 1 aromatic rings. The van der Waals surface area contributed by atoms with Crippen molar-refractivity contribution in [2.45, 2.75) is 64.6 Å². The molecule has 0 aliphatic heterocycles. The Kier molecular flexibility index (Phi) is 5.99. The number of hydrogen-bond acceptors (Lipinski definition) is 4. The molecule has 0 N–H and O–H groups in total. The van der Waals surface area contributed by atoms with Crippen molar-refractivity contribution in [2.24, 2.45) is 0 Å². The fourth-order valence-electron chi connectivity index (χ4n) is 2.67. The third-order valence-corrected chi connectivity index (χ3v) is 3.99. The van der Waals surface area contributed by atoms with Crippen LogP contribution < -0.4 is 4.74 Å². The lowest BCUT2D eigenvalue weighted by molar-refractivity contribution is -0.159. The van der Waals surface area contributed by atoms with Crippen LogP contribution in [-0.4, -0.2) is 24.0 Å². The number of ether oxygens (including phenoxy) is 2. The lowest BCUT2D eigenvalue weighted by Gasteiger charge is -2.24. The Morgan fingerprint density at radius 2 is 1.95 bits per heavy atom. The second-order valence-corrected chi connectivity index (χ2v) is 5.80. The van der Waals surface area contributed by atoms with Gasteiger partial charge in [0, 0.05) is 5.56 Å². The van der Waals surface area contributed by atoms with Crippen LogP contribution in [0.3, 0.4) is 0 Å². The van der Waals surface area contributed by atoms with Gasteiger partial charge in [0.25, 0.3) is 0 Å². The Hall–Kier alpha value is -1.84. The largest absolute Gasteiger partial charge is 0.479 e. The summed E-state index contributed by atoms with van der Waals surface area (Å²) in [5.41, 5.74) is 0.577. The minimum absolute atomic E-state index is 0.0247. The highest BCUT2D eigenvalue weighted by Crippen LogP contribution is 2.22. The molecule has 4 nitrogen and oxygen atoms in total. The van der Waals surface area contributed by atoms with Gasteiger partial charge in [-0.05, 0) is 51.2 Å². The highest BCUT2D eigenvalue weighted by Gasteiger charge is 2.25. The van der Waals surface area contributed by atoms with E-state index in [4.69, 9.17) is 9.47 Å². The highest BCUT2D eigenvalue weighted by atomic mass is 16.6. The van der Waals surface area contributed by atoms with Gasteiger partial charge in [-0.1, -0.05) is 25.5 Å². The Morgan fingerprint density at radius 1 is 1.23 bits per heavy atom. The molecule has 1 atom stereocenters. The molecular weight excluding hydrogens is 280 g/mol. The summed E-state index contributed by atoms with van der Waals surface area (Å²) in [5, 5.41) is 0. The minimum Gasteiger partial charge on any atom is -0.479 e. The quantitative estimate of drug-likeness (QED) is 0.590. The number of hydrogen-bond donors (Lipinski definition) is 0. The van der Waals surface area contributed by atoms with Gasteiger partial charge < -0.3 is 9.47 Å². The van der Waals surface area contributed by atoms with Crippen molar-refractivity contribution in [3.8, 4) is 5.75 Å². The molecule has 0 saturated heterocycles. The maximum atomic E-state index is 12.3. The molecule has 0 amide bonds. The third-order valence-electron chi connectivity index (χ3n) is 3.99. The normalized spacial score (nSPS) is 16.8. The van der Waals surface area contributed by atoms with Gasteiger partial charge in [0.2, 0.25) is 0 Å². The van der Waals surface area contributed by atoms with Crippen molar-refractivity contribution in [2.75, 3.05) is 0 Å². The highest BCUT2D eigenvalue weighted by molar-refractivity contribution is 5.94. The molecule has 1 aliphatic carbocycles. The van der Waals surface area contributed by atoms with Gasteiger partial charge in [-0.15, -0.1) is 0 Å². The van der Waals surface area contributed by atoms with E-state index in [1.54, 1.807) is 24.3 Å². The molecule has 1 aromatic carbocycles. The van der Waals surface area contributed by atoms with Gasteiger partial charge in [0.05, 0.1) is 0 Å². The molecule has 0 heterocycles. The molecule has 1 saturated carbocycles. The first-order valence-corrected chi connectivity index (χ1v) is 8.08. The van der Waals surface area contributed by atoms with Crippen LogP contribution >= 0.6 is 0 Å². The lowest BCUT2D eigenvalue weighted by Crippen LogP contribution is -2.33. The predicted octanol–water partition coefficient (Wildman–Crippen LogP) is 3.92. The van der Waals surface area contributed by atoms with Gasteiger partial charge in [-0.2, -0.15) is 0 Å². The molecule has 1 aliphatic rings. The second-order valence-electron chi connectivity index (χ2n) is 5.80. The smallest absolute Gasteiger partial charge is 0.347 e. The van der Waals surface area contributed by atoms with Crippen LogP contribution in [0.4, 0.5) is 0 Å². The maximum absolute atomic E-state index is 12.3. The Bertz CT molecular complexity index is 518. The molecule has 0 spiro atoms. The fraction of sp³-hybridized carbons (Fsp3) is 0.556. The van der Waals surface area contributed by atoms with E-state index in [1.807, 2.05) is 6.92 Å². The van der Waals surface area contributed by atoms with E-state index in [2.05, 4.69) is 0 Å². The number of esters is 1. The predicted molar refractivity (Wildman–Crippen MR) is 84.1 cm³/mol. The number of rotatable bonds is 6. The molecule has 1 unspecified atom stereocenters. The van der Waals surface area contributed by atoms with Gasteiger partial charge in [-0.3, -0.25) is 4.79 Å². The molecular formula is C18H24O4. The number of carbonyl (C=O) groups excluding carboxylic acids is 2. The van der Waals surface area contributed by atoms with Crippen molar-refractivity contribution >= 4 is 11.8 Å². The van der Waals surface area contributed by atoms with Crippen LogP contribution in [0.5, 0.6) is 5.75 Å². The van der Waals surface area contributed by atoms with E-state index >= 15 is 0 Å². The topological polar surface area (TPSA) is 52.6 Å². The first-order chi connectivity index (χ1) is 10.6. The van der Waals surface area contributed by atoms with E-state index < -0.39 is 6.10 Å². The van der Waals surface area contributed by atoms with Crippen LogP contribution in [0.15, 0.2) is 24.3 Å². The average Bonchev–Trinajstić information content (AvgIpc) is 2.53. The SMILES string of the molecule is CCC(Oc1cccc(C(C)=O)c1)C(=O)OC1CCCCC1. The first-order valence-electron chi connectivity index (χ1n) is 8.08. The summed E-state index contributed by atoms with van der Waals surface area (Å²) in [7, 11) is 0. The molecule has 0 radical (unpaired) electrons. The van der Waals surface area contributed by atoms with Crippen molar-refractivity contribution in [3.63, 3.8) is 0 Å². The van der Waals surface area contributed by atoms with E-state index in [1.165, 1.54) is 13.3 Å². The summed E-state index contributed by atoms with van der Waals surface area (Å²) in [5.74, 6) is 0.200. The second kappa shape index (κ2) is 7.97. The van der Waals surface area contributed by atoms with Crippen LogP contribution in [0.1, 0.15) is 62.7 Å². The van der Waals surface area contributed by atoms with Crippen LogP contribution in [0.25, 0.3) is 0 Å². The average molecular weight is 304 g/mol. The number of carbonyl (C=O) groups is 2. The third kappa shape index (κ3) is 4.58. The summed E-state index contributed by atoms with van der Waals surface area (Å²) >= 11 is 0. The fourth-order valence-corrected chi connectivity index (χ4v) is 2.67. The summed E-state index contributed by atoms with van der Waals surface area (Å²) in [4.78, 5) is 23.7. The Balaban J connectivity index is 1.97. The van der Waals surface area contributed by atoms with E-state index in [-0.39, 0.29) is 17.9 Å². The standard InChI is InChI=1S/C18H24O4/c1-3-17(18(20)22-15-9-5-4-6-10-15)21-16-11-7-8-14(12-16)13(2)19/h7-8,11-12,15,17H,3-6,9-10H2,1-2H3. The number of Topliss-reactive ketones (excluding diaryl/α,β-unsaturated/α-hetero) is 1. The maximum Gasteiger partial charge on any atom is 0.347 e. The summed E-state index contributed by atoms with van der Waals surface area (Å²) in [6.45, 7) is 3.40. The molecule has 4 heteroatoms. The van der Waals surface area contributed by atoms with Crippen LogP contribution in [0, 0.1) is 0 Å². The molecule has 22 heavy (non-hydrogen) atoms. The molecule has 0 aromatic heterocycles.